The largest absolute Gasteiger partial charge is 0.494 e. The monoisotopic (exact) mass is 389 g/mol. The van der Waals surface area contributed by atoms with E-state index in [0.717, 1.165) is 23.4 Å². The van der Waals surface area contributed by atoms with E-state index in [9.17, 15) is 0 Å². The number of aliphatic imine (C=N–C) groups is 1. The molecule has 0 radical (unpaired) electrons. The van der Waals surface area contributed by atoms with E-state index in [2.05, 4.69) is 31.8 Å². The van der Waals surface area contributed by atoms with E-state index in [-0.39, 0.29) is 6.10 Å². The van der Waals surface area contributed by atoms with Crippen molar-refractivity contribution in [1.29, 1.82) is 0 Å². The van der Waals surface area contributed by atoms with Gasteiger partial charge in [-0.2, -0.15) is 4.98 Å². The number of aryl methyl sites for hydroxylation is 1. The molecular formula is C20H31N5O3. The maximum absolute atomic E-state index is 5.73. The fourth-order valence-electron chi connectivity index (χ4n) is 2.58. The number of nitrogens with one attached hydrogen (secondary N) is 2. The Balaban J connectivity index is 2.01. The fraction of sp³-hybridized carbons (Fsp3) is 0.550. The summed E-state index contributed by atoms with van der Waals surface area (Å²) in [6.45, 7) is 12.7. The lowest BCUT2D eigenvalue weighted by atomic mass is 10.1. The molecule has 8 nitrogen and oxygen atoms in total. The number of aromatic nitrogens is 2. The second-order valence-corrected chi connectivity index (χ2v) is 6.24. The van der Waals surface area contributed by atoms with Gasteiger partial charge in [0.25, 0.3) is 0 Å². The summed E-state index contributed by atoms with van der Waals surface area (Å²) in [4.78, 5) is 9.00. The standard InChI is InChI=1S/C20H31N5O3/c1-6-21-20(22-12-16-10-9-14(4)11-17(16)27-8-3)23-13-18-24-19(25-28-18)15(5)26-7-2/h9-11,15H,6-8,12-13H2,1-5H3,(H2,21,22,23). The highest BCUT2D eigenvalue weighted by molar-refractivity contribution is 5.79. The predicted octanol–water partition coefficient (Wildman–Crippen LogP) is 3.13. The van der Waals surface area contributed by atoms with Crippen molar-refractivity contribution in [2.24, 2.45) is 4.99 Å². The van der Waals surface area contributed by atoms with Crippen LogP contribution in [-0.4, -0.2) is 35.9 Å². The number of rotatable bonds is 10. The van der Waals surface area contributed by atoms with Crippen LogP contribution >= 0.6 is 0 Å². The molecule has 0 fully saturated rings. The van der Waals surface area contributed by atoms with Crippen molar-refractivity contribution in [2.75, 3.05) is 19.8 Å². The van der Waals surface area contributed by atoms with E-state index in [4.69, 9.17) is 14.0 Å². The molecule has 2 aromatic rings. The van der Waals surface area contributed by atoms with Gasteiger partial charge in [0.05, 0.1) is 19.7 Å². The molecule has 0 bridgehead atoms. The highest BCUT2D eigenvalue weighted by Crippen LogP contribution is 2.21. The minimum atomic E-state index is -0.192. The van der Waals surface area contributed by atoms with E-state index < -0.39 is 0 Å². The number of hydrogen-bond donors (Lipinski definition) is 2. The Kier molecular flexibility index (Phi) is 8.74. The summed E-state index contributed by atoms with van der Waals surface area (Å²) >= 11 is 0. The summed E-state index contributed by atoms with van der Waals surface area (Å²) in [7, 11) is 0. The third-order valence-corrected chi connectivity index (χ3v) is 3.95. The van der Waals surface area contributed by atoms with Crippen LogP contribution in [0.1, 0.15) is 56.6 Å². The van der Waals surface area contributed by atoms with Gasteiger partial charge in [-0.25, -0.2) is 4.99 Å². The van der Waals surface area contributed by atoms with Gasteiger partial charge in [0, 0.05) is 18.7 Å². The van der Waals surface area contributed by atoms with Crippen LogP contribution in [0.4, 0.5) is 0 Å². The Morgan fingerprint density at radius 1 is 1.21 bits per heavy atom. The average Bonchev–Trinajstić information content (AvgIpc) is 3.15. The van der Waals surface area contributed by atoms with Gasteiger partial charge < -0.3 is 24.6 Å². The molecular weight excluding hydrogens is 358 g/mol. The van der Waals surface area contributed by atoms with Crippen LogP contribution in [-0.2, 0) is 17.8 Å². The SMILES string of the molecule is CCNC(=NCc1ccc(C)cc1OCC)NCc1nc(C(C)OCC)no1. The van der Waals surface area contributed by atoms with Gasteiger partial charge in [-0.3, -0.25) is 0 Å². The summed E-state index contributed by atoms with van der Waals surface area (Å²) in [5.74, 6) is 2.57. The van der Waals surface area contributed by atoms with Crippen LogP contribution in [0, 0.1) is 6.92 Å². The zero-order chi connectivity index (χ0) is 20.4. The molecule has 2 N–H and O–H groups in total. The van der Waals surface area contributed by atoms with Crippen molar-refractivity contribution >= 4 is 5.96 Å². The van der Waals surface area contributed by atoms with Crippen LogP contribution in [0.3, 0.4) is 0 Å². The number of nitrogens with zero attached hydrogens (tertiary/aromatic N) is 3. The van der Waals surface area contributed by atoms with Crippen molar-refractivity contribution in [1.82, 2.24) is 20.8 Å². The molecule has 0 saturated heterocycles. The summed E-state index contributed by atoms with van der Waals surface area (Å²) < 4.78 is 16.5. The van der Waals surface area contributed by atoms with Crippen molar-refractivity contribution < 1.29 is 14.0 Å². The maximum atomic E-state index is 5.73. The number of guanidine groups is 1. The zero-order valence-electron chi connectivity index (χ0n) is 17.4. The summed E-state index contributed by atoms with van der Waals surface area (Å²) in [6, 6.07) is 6.15. The van der Waals surface area contributed by atoms with Crippen molar-refractivity contribution in [3.05, 3.63) is 41.0 Å². The molecule has 1 aromatic carbocycles. The summed E-state index contributed by atoms with van der Waals surface area (Å²) in [5, 5.41) is 10.4. The fourth-order valence-corrected chi connectivity index (χ4v) is 2.58. The van der Waals surface area contributed by atoms with Gasteiger partial charge in [0.15, 0.2) is 11.8 Å². The Bertz CT molecular complexity index is 760. The quantitative estimate of drug-likeness (QED) is 0.476. The highest BCUT2D eigenvalue weighted by atomic mass is 16.5. The topological polar surface area (TPSA) is 93.8 Å². The van der Waals surface area contributed by atoms with Crippen molar-refractivity contribution in [3.8, 4) is 5.75 Å². The molecule has 2 rings (SSSR count). The molecule has 0 saturated carbocycles. The molecule has 0 aliphatic heterocycles. The first kappa shape index (κ1) is 21.7. The molecule has 154 valence electrons. The highest BCUT2D eigenvalue weighted by Gasteiger charge is 2.14. The van der Waals surface area contributed by atoms with Gasteiger partial charge in [0.2, 0.25) is 5.89 Å². The molecule has 0 aliphatic rings. The number of benzene rings is 1. The number of hydrogen-bond acceptors (Lipinski definition) is 6. The molecule has 0 spiro atoms. The molecule has 1 unspecified atom stereocenters. The van der Waals surface area contributed by atoms with Crippen LogP contribution in [0.5, 0.6) is 5.75 Å². The van der Waals surface area contributed by atoms with Crippen molar-refractivity contribution in [3.63, 3.8) is 0 Å². The normalized spacial score (nSPS) is 12.7. The van der Waals surface area contributed by atoms with Gasteiger partial charge >= 0.3 is 0 Å². The van der Waals surface area contributed by atoms with E-state index in [1.807, 2.05) is 46.8 Å². The van der Waals surface area contributed by atoms with E-state index in [0.29, 0.717) is 44.0 Å². The zero-order valence-corrected chi connectivity index (χ0v) is 17.4. The predicted molar refractivity (Wildman–Crippen MR) is 108 cm³/mol. The third-order valence-electron chi connectivity index (χ3n) is 3.95. The smallest absolute Gasteiger partial charge is 0.246 e. The van der Waals surface area contributed by atoms with Gasteiger partial charge in [0.1, 0.15) is 11.9 Å². The number of ether oxygens (including phenoxy) is 2. The lowest BCUT2D eigenvalue weighted by Crippen LogP contribution is -2.36. The van der Waals surface area contributed by atoms with E-state index in [1.165, 1.54) is 0 Å². The summed E-state index contributed by atoms with van der Waals surface area (Å²) in [5.41, 5.74) is 2.20. The van der Waals surface area contributed by atoms with Gasteiger partial charge in [-0.1, -0.05) is 17.3 Å². The Labute approximate surface area is 166 Å². The van der Waals surface area contributed by atoms with Gasteiger partial charge in [-0.15, -0.1) is 0 Å². The molecule has 28 heavy (non-hydrogen) atoms. The van der Waals surface area contributed by atoms with E-state index >= 15 is 0 Å². The van der Waals surface area contributed by atoms with Crippen LogP contribution in [0.2, 0.25) is 0 Å². The Morgan fingerprint density at radius 3 is 2.75 bits per heavy atom. The molecule has 1 atom stereocenters. The maximum Gasteiger partial charge on any atom is 0.246 e. The van der Waals surface area contributed by atoms with E-state index in [1.54, 1.807) is 0 Å². The minimum Gasteiger partial charge on any atom is -0.494 e. The van der Waals surface area contributed by atoms with Crippen molar-refractivity contribution in [2.45, 2.75) is 53.8 Å². The summed E-state index contributed by atoms with van der Waals surface area (Å²) in [6.07, 6.45) is -0.192. The van der Waals surface area contributed by atoms with Crippen LogP contribution in [0.25, 0.3) is 0 Å². The van der Waals surface area contributed by atoms with Crippen LogP contribution < -0.4 is 15.4 Å². The Morgan fingerprint density at radius 2 is 2.04 bits per heavy atom. The molecule has 0 amide bonds. The molecule has 1 heterocycles. The minimum absolute atomic E-state index is 0.192. The third kappa shape index (κ3) is 6.53. The first-order valence-electron chi connectivity index (χ1n) is 9.75. The Hall–Kier alpha value is -2.61. The second kappa shape index (κ2) is 11.3. The lowest BCUT2D eigenvalue weighted by Gasteiger charge is -2.12. The van der Waals surface area contributed by atoms with Gasteiger partial charge in [-0.05, 0) is 46.2 Å². The molecule has 8 heteroatoms. The first-order chi connectivity index (χ1) is 13.6. The van der Waals surface area contributed by atoms with Crippen LogP contribution in [0.15, 0.2) is 27.7 Å². The first-order valence-corrected chi connectivity index (χ1v) is 9.75. The molecule has 0 aliphatic carbocycles. The molecule has 1 aromatic heterocycles. The average molecular weight is 390 g/mol. The lowest BCUT2D eigenvalue weighted by molar-refractivity contribution is 0.0683. The second-order valence-electron chi connectivity index (χ2n) is 6.24.